The van der Waals surface area contributed by atoms with Crippen molar-refractivity contribution < 1.29 is 19.0 Å². The van der Waals surface area contributed by atoms with Crippen molar-refractivity contribution in [2.45, 2.75) is 38.8 Å². The first-order valence-electron chi connectivity index (χ1n) is 9.69. The molecule has 0 radical (unpaired) electrons. The molecule has 0 bridgehead atoms. The molecular weight excluding hydrogens is 389 g/mol. The van der Waals surface area contributed by atoms with E-state index in [1.807, 2.05) is 12.1 Å². The fourth-order valence-corrected chi connectivity index (χ4v) is 4.37. The quantitative estimate of drug-likeness (QED) is 0.590. The lowest BCUT2D eigenvalue weighted by Gasteiger charge is -2.31. The Labute approximate surface area is 175 Å². The van der Waals surface area contributed by atoms with Gasteiger partial charge in [0.1, 0.15) is 17.2 Å². The van der Waals surface area contributed by atoms with E-state index in [0.29, 0.717) is 17.9 Å². The third-order valence-electron chi connectivity index (χ3n) is 4.84. The fourth-order valence-electron chi connectivity index (χ4n) is 3.47. The van der Waals surface area contributed by atoms with Gasteiger partial charge in [0.15, 0.2) is 5.78 Å². The number of hydrogen-bond donors (Lipinski definition) is 1. The normalized spacial score (nSPS) is 17.5. The van der Waals surface area contributed by atoms with E-state index in [1.54, 1.807) is 25.2 Å². The number of halogens is 1. The van der Waals surface area contributed by atoms with Gasteiger partial charge < -0.3 is 9.84 Å². The third-order valence-corrected chi connectivity index (χ3v) is 5.82. The number of rotatable bonds is 5. The molecule has 4 nitrogen and oxygen atoms in total. The van der Waals surface area contributed by atoms with Crippen LogP contribution in [0.2, 0.25) is 0 Å². The summed E-state index contributed by atoms with van der Waals surface area (Å²) in [7, 11) is 1.49. The van der Waals surface area contributed by atoms with Crippen LogP contribution >= 0.6 is 11.3 Å². The number of thiophene rings is 1. The highest BCUT2D eigenvalue weighted by atomic mass is 32.1. The fraction of sp³-hybridized carbons (Fsp3) is 0.435. The van der Waals surface area contributed by atoms with Gasteiger partial charge in [-0.25, -0.2) is 4.39 Å². The molecule has 0 spiro atoms. The molecule has 1 N–H and O–H groups in total. The van der Waals surface area contributed by atoms with Crippen molar-refractivity contribution in [2.75, 3.05) is 20.2 Å². The second-order valence-electron chi connectivity index (χ2n) is 7.86. The molecule has 29 heavy (non-hydrogen) atoms. The first kappa shape index (κ1) is 21.5. The summed E-state index contributed by atoms with van der Waals surface area (Å²) in [5.74, 6) is 5.59. The minimum atomic E-state index is -1.01. The van der Waals surface area contributed by atoms with Crippen LogP contribution in [0.1, 0.15) is 46.8 Å². The Bertz CT molecular complexity index is 936. The van der Waals surface area contributed by atoms with E-state index in [1.165, 1.54) is 30.2 Å². The number of ether oxygens (including phenoxy) is 1. The van der Waals surface area contributed by atoms with Crippen molar-refractivity contribution in [1.82, 2.24) is 4.90 Å². The van der Waals surface area contributed by atoms with Gasteiger partial charge in [0.25, 0.3) is 0 Å². The number of aliphatic hydroxyl groups is 1. The van der Waals surface area contributed by atoms with E-state index in [2.05, 4.69) is 16.7 Å². The van der Waals surface area contributed by atoms with E-state index in [4.69, 9.17) is 4.74 Å². The maximum Gasteiger partial charge on any atom is 0.171 e. The van der Waals surface area contributed by atoms with Crippen molar-refractivity contribution in [3.8, 4) is 17.6 Å². The average molecular weight is 416 g/mol. The number of ketones is 1. The number of methoxy groups -OCH3 is 1. The monoisotopic (exact) mass is 415 g/mol. The third kappa shape index (κ3) is 5.89. The number of Topliss-reactive ketones (excluding diaryl/α,β-unsaturated/α-hetero) is 1. The Hall–Kier alpha value is -2.20. The van der Waals surface area contributed by atoms with E-state index in [0.717, 1.165) is 30.8 Å². The second kappa shape index (κ2) is 9.08. The van der Waals surface area contributed by atoms with Crippen molar-refractivity contribution in [3.63, 3.8) is 0 Å². The zero-order valence-corrected chi connectivity index (χ0v) is 17.8. The zero-order chi connectivity index (χ0) is 21.0. The Kier molecular flexibility index (Phi) is 6.74. The summed E-state index contributed by atoms with van der Waals surface area (Å²) in [6, 6.07) is 8.08. The van der Waals surface area contributed by atoms with E-state index < -0.39 is 11.4 Å². The number of carbonyl (C=O) groups is 1. The highest BCUT2D eigenvalue weighted by Gasteiger charge is 2.28. The summed E-state index contributed by atoms with van der Waals surface area (Å²) in [5, 5.41) is 9.73. The summed E-state index contributed by atoms with van der Waals surface area (Å²) < 4.78 is 18.9. The van der Waals surface area contributed by atoms with Crippen LogP contribution in [0.3, 0.4) is 0 Å². The van der Waals surface area contributed by atoms with Gasteiger partial charge in [-0.1, -0.05) is 11.8 Å². The standard InChI is InChI=1S/C23H26FNO3S/c1-23(2,27)11-10-18-7-8-19(29-18)15-25-12-4-5-16(14-25)22(26)20-13-17(24)6-9-21(20)28-3/h6-9,13,16,27H,4-5,12,14-15H2,1-3H3. The Morgan fingerprint density at radius 3 is 2.90 bits per heavy atom. The summed E-state index contributed by atoms with van der Waals surface area (Å²) in [6.45, 7) is 5.63. The molecule has 2 aromatic rings. The van der Waals surface area contributed by atoms with Crippen LogP contribution in [0, 0.1) is 23.6 Å². The Morgan fingerprint density at radius 1 is 1.38 bits per heavy atom. The molecule has 0 amide bonds. The molecule has 2 heterocycles. The summed E-state index contributed by atoms with van der Waals surface area (Å²) in [4.78, 5) is 17.3. The van der Waals surface area contributed by atoms with Crippen LogP contribution in [0.25, 0.3) is 0 Å². The SMILES string of the molecule is COc1ccc(F)cc1C(=O)C1CCCN(Cc2ccc(C#CC(C)(C)O)s2)C1. The van der Waals surface area contributed by atoms with Gasteiger partial charge >= 0.3 is 0 Å². The molecule has 154 valence electrons. The smallest absolute Gasteiger partial charge is 0.171 e. The van der Waals surface area contributed by atoms with E-state index in [9.17, 15) is 14.3 Å². The summed E-state index contributed by atoms with van der Waals surface area (Å²) in [5.41, 5.74) is -0.692. The topological polar surface area (TPSA) is 49.8 Å². The molecule has 1 aliphatic rings. The minimum absolute atomic E-state index is 0.0611. The lowest BCUT2D eigenvalue weighted by Crippen LogP contribution is -2.38. The highest BCUT2D eigenvalue weighted by Crippen LogP contribution is 2.28. The largest absolute Gasteiger partial charge is 0.496 e. The predicted molar refractivity (Wildman–Crippen MR) is 113 cm³/mol. The molecule has 0 saturated carbocycles. The number of nitrogens with zero attached hydrogens (tertiary/aromatic N) is 1. The van der Waals surface area contributed by atoms with Crippen LogP contribution in [-0.4, -0.2) is 41.6 Å². The molecule has 3 rings (SSSR count). The Morgan fingerprint density at radius 2 is 2.17 bits per heavy atom. The molecule has 1 aliphatic heterocycles. The van der Waals surface area contributed by atoms with Gasteiger partial charge in [0.05, 0.1) is 17.6 Å². The molecule has 1 aromatic heterocycles. The van der Waals surface area contributed by atoms with Gasteiger partial charge in [-0.15, -0.1) is 11.3 Å². The number of likely N-dealkylation sites (tertiary alicyclic amines) is 1. The van der Waals surface area contributed by atoms with Gasteiger partial charge in [-0.2, -0.15) is 0 Å². The first-order valence-corrected chi connectivity index (χ1v) is 10.5. The number of hydrogen-bond acceptors (Lipinski definition) is 5. The molecule has 1 atom stereocenters. The first-order chi connectivity index (χ1) is 13.7. The van der Waals surface area contributed by atoms with Crippen LogP contribution in [0.5, 0.6) is 5.75 Å². The van der Waals surface area contributed by atoms with Gasteiger partial charge in [0.2, 0.25) is 0 Å². The van der Waals surface area contributed by atoms with Crippen LogP contribution in [0.15, 0.2) is 30.3 Å². The Balaban J connectivity index is 1.67. The molecule has 1 fully saturated rings. The molecule has 6 heteroatoms. The second-order valence-corrected chi connectivity index (χ2v) is 9.03. The lowest BCUT2D eigenvalue weighted by atomic mass is 9.89. The summed E-state index contributed by atoms with van der Waals surface area (Å²) in [6.07, 6.45) is 1.71. The molecule has 1 unspecified atom stereocenters. The molecule has 0 aliphatic carbocycles. The number of piperidine rings is 1. The molecule has 1 saturated heterocycles. The lowest BCUT2D eigenvalue weighted by molar-refractivity contribution is 0.0809. The predicted octanol–water partition coefficient (Wildman–Crippen LogP) is 4.11. The van der Waals surface area contributed by atoms with Crippen molar-refractivity contribution in [3.05, 3.63) is 51.5 Å². The van der Waals surface area contributed by atoms with Gasteiger partial charge in [-0.3, -0.25) is 9.69 Å². The van der Waals surface area contributed by atoms with Crippen molar-refractivity contribution in [1.29, 1.82) is 0 Å². The van der Waals surface area contributed by atoms with Gasteiger partial charge in [-0.05, 0) is 63.6 Å². The number of benzene rings is 1. The van der Waals surface area contributed by atoms with E-state index in [-0.39, 0.29) is 11.7 Å². The molecule has 1 aromatic carbocycles. The zero-order valence-electron chi connectivity index (χ0n) is 17.0. The van der Waals surface area contributed by atoms with Crippen LogP contribution < -0.4 is 4.74 Å². The minimum Gasteiger partial charge on any atom is -0.496 e. The highest BCUT2D eigenvalue weighted by molar-refractivity contribution is 7.12. The average Bonchev–Trinajstić information content (AvgIpc) is 3.13. The van der Waals surface area contributed by atoms with Gasteiger partial charge in [0, 0.05) is 23.9 Å². The number of carbonyl (C=O) groups excluding carboxylic acids is 1. The van der Waals surface area contributed by atoms with E-state index >= 15 is 0 Å². The maximum absolute atomic E-state index is 13.7. The summed E-state index contributed by atoms with van der Waals surface area (Å²) >= 11 is 1.60. The van der Waals surface area contributed by atoms with Crippen molar-refractivity contribution >= 4 is 17.1 Å². The van der Waals surface area contributed by atoms with Crippen LogP contribution in [0.4, 0.5) is 4.39 Å². The van der Waals surface area contributed by atoms with Crippen molar-refractivity contribution in [2.24, 2.45) is 5.92 Å². The molecular formula is C23H26FNO3S. The van der Waals surface area contributed by atoms with Crippen LogP contribution in [-0.2, 0) is 6.54 Å². The maximum atomic E-state index is 13.7.